The summed E-state index contributed by atoms with van der Waals surface area (Å²) in [6, 6.07) is 9.63. The number of fused-ring (bicyclic) bond motifs is 2. The average molecular weight is 367 g/mol. The summed E-state index contributed by atoms with van der Waals surface area (Å²) in [6.45, 7) is 2.77. The first-order valence-electron chi connectivity index (χ1n) is 8.30. The molecule has 132 valence electrons. The molecule has 4 rings (SSSR count). The lowest BCUT2D eigenvalue weighted by Crippen LogP contribution is -2.19. The molecule has 0 amide bonds. The summed E-state index contributed by atoms with van der Waals surface area (Å²) < 4.78 is 2.12. The van der Waals surface area contributed by atoms with Gasteiger partial charge in [0.25, 0.3) is 0 Å². The number of rotatable bonds is 4. The van der Waals surface area contributed by atoms with Crippen LogP contribution in [0.1, 0.15) is 5.82 Å². The molecule has 6 nitrogen and oxygen atoms in total. The molecule has 0 saturated carbocycles. The van der Waals surface area contributed by atoms with Crippen molar-refractivity contribution in [2.75, 3.05) is 19.4 Å². The van der Waals surface area contributed by atoms with E-state index >= 15 is 0 Å². The van der Waals surface area contributed by atoms with Gasteiger partial charge in [-0.1, -0.05) is 17.7 Å². The van der Waals surface area contributed by atoms with Gasteiger partial charge in [0.05, 0.1) is 23.4 Å². The van der Waals surface area contributed by atoms with E-state index in [4.69, 9.17) is 16.6 Å². The Hall–Kier alpha value is -2.70. The molecule has 0 radical (unpaired) electrons. The van der Waals surface area contributed by atoms with Gasteiger partial charge in [-0.25, -0.2) is 15.0 Å². The largest absolute Gasteiger partial charge is 0.352 e. The van der Waals surface area contributed by atoms with Crippen molar-refractivity contribution < 1.29 is 0 Å². The molecule has 0 aliphatic carbocycles. The molecular weight excluding hydrogens is 348 g/mol. The maximum absolute atomic E-state index is 6.13. The zero-order chi connectivity index (χ0) is 18.3. The minimum atomic E-state index is 0.674. The van der Waals surface area contributed by atoms with Gasteiger partial charge in [0.2, 0.25) is 0 Å². The third-order valence-corrected chi connectivity index (χ3v) is 4.41. The lowest BCUT2D eigenvalue weighted by molar-refractivity contribution is 0.320. The van der Waals surface area contributed by atoms with Crippen LogP contribution in [0.3, 0.4) is 0 Å². The number of benzene rings is 2. The Labute approximate surface area is 156 Å². The van der Waals surface area contributed by atoms with Crippen LogP contribution in [-0.2, 0) is 6.67 Å². The van der Waals surface area contributed by atoms with Crippen molar-refractivity contribution in [3.05, 3.63) is 53.7 Å². The summed E-state index contributed by atoms with van der Waals surface area (Å²) in [7, 11) is 4.07. The predicted octanol–water partition coefficient (Wildman–Crippen LogP) is 4.20. The summed E-state index contributed by atoms with van der Waals surface area (Å²) in [6.07, 6.45) is 3.68. The van der Waals surface area contributed by atoms with Crippen LogP contribution in [0.2, 0.25) is 5.02 Å². The molecule has 0 aliphatic rings. The number of nitrogens with one attached hydrogen (secondary N) is 1. The smallest absolute Gasteiger partial charge is 0.117 e. The molecule has 0 bridgehead atoms. The van der Waals surface area contributed by atoms with E-state index in [1.165, 1.54) is 0 Å². The highest BCUT2D eigenvalue weighted by molar-refractivity contribution is 6.30. The van der Waals surface area contributed by atoms with Crippen LogP contribution in [0.25, 0.3) is 21.9 Å². The number of anilines is 2. The summed E-state index contributed by atoms with van der Waals surface area (Å²) in [4.78, 5) is 15.8. The van der Waals surface area contributed by atoms with Crippen LogP contribution in [0.4, 0.5) is 11.4 Å². The molecule has 26 heavy (non-hydrogen) atoms. The Morgan fingerprint density at radius 1 is 1.15 bits per heavy atom. The number of hydrogen-bond donors (Lipinski definition) is 1. The fraction of sp³-hybridized carbons (Fsp3) is 0.211. The van der Waals surface area contributed by atoms with Gasteiger partial charge < -0.3 is 9.88 Å². The normalized spacial score (nSPS) is 11.6. The van der Waals surface area contributed by atoms with Crippen molar-refractivity contribution in [3.8, 4) is 0 Å². The summed E-state index contributed by atoms with van der Waals surface area (Å²) in [5, 5.41) is 5.12. The number of aryl methyl sites for hydroxylation is 1. The summed E-state index contributed by atoms with van der Waals surface area (Å²) in [5.41, 5.74) is 4.24. The van der Waals surface area contributed by atoms with Gasteiger partial charge in [-0.3, -0.25) is 4.90 Å². The van der Waals surface area contributed by atoms with Crippen molar-refractivity contribution in [1.82, 2.24) is 24.4 Å². The number of aromatic nitrogens is 4. The number of hydrogen-bond acceptors (Lipinski definition) is 5. The highest BCUT2D eigenvalue weighted by atomic mass is 35.5. The second-order valence-corrected chi connectivity index (χ2v) is 6.98. The van der Waals surface area contributed by atoms with E-state index in [0.29, 0.717) is 5.02 Å². The minimum Gasteiger partial charge on any atom is -0.352 e. The number of halogens is 1. The van der Waals surface area contributed by atoms with Gasteiger partial charge >= 0.3 is 0 Å². The molecule has 4 aromatic rings. The molecule has 0 fully saturated rings. The molecular formula is C19H19ClN6. The van der Waals surface area contributed by atoms with Gasteiger partial charge in [0, 0.05) is 22.3 Å². The molecule has 0 saturated heterocycles. The molecule has 0 aliphatic heterocycles. The zero-order valence-corrected chi connectivity index (χ0v) is 15.6. The maximum Gasteiger partial charge on any atom is 0.117 e. The predicted molar refractivity (Wildman–Crippen MR) is 106 cm³/mol. The maximum atomic E-state index is 6.13. The first-order chi connectivity index (χ1) is 12.5. The van der Waals surface area contributed by atoms with Crippen molar-refractivity contribution in [2.24, 2.45) is 0 Å². The molecule has 2 aromatic carbocycles. The van der Waals surface area contributed by atoms with Crippen LogP contribution in [0, 0.1) is 6.92 Å². The van der Waals surface area contributed by atoms with Gasteiger partial charge in [0.1, 0.15) is 17.7 Å². The van der Waals surface area contributed by atoms with Crippen molar-refractivity contribution in [2.45, 2.75) is 13.6 Å². The fourth-order valence-electron chi connectivity index (χ4n) is 3.03. The Bertz CT molecular complexity index is 1100. The van der Waals surface area contributed by atoms with E-state index < -0.39 is 0 Å². The first kappa shape index (κ1) is 16.8. The Morgan fingerprint density at radius 3 is 2.77 bits per heavy atom. The van der Waals surface area contributed by atoms with Crippen molar-refractivity contribution >= 4 is 44.9 Å². The molecule has 0 unspecified atom stereocenters. The van der Waals surface area contributed by atoms with Crippen molar-refractivity contribution in [3.63, 3.8) is 0 Å². The molecule has 2 aromatic heterocycles. The third-order valence-electron chi connectivity index (χ3n) is 4.18. The van der Waals surface area contributed by atoms with Crippen LogP contribution in [-0.4, -0.2) is 38.5 Å². The molecule has 0 atom stereocenters. The Kier molecular flexibility index (Phi) is 4.22. The lowest BCUT2D eigenvalue weighted by atomic mass is 10.1. The van der Waals surface area contributed by atoms with Gasteiger partial charge in [-0.2, -0.15) is 0 Å². The van der Waals surface area contributed by atoms with E-state index in [9.17, 15) is 0 Å². The quantitative estimate of drug-likeness (QED) is 0.586. The van der Waals surface area contributed by atoms with E-state index in [1.54, 1.807) is 6.33 Å². The lowest BCUT2D eigenvalue weighted by Gasteiger charge is -2.18. The summed E-state index contributed by atoms with van der Waals surface area (Å²) >= 11 is 6.13. The highest BCUT2D eigenvalue weighted by Gasteiger charge is 2.14. The van der Waals surface area contributed by atoms with Gasteiger partial charge in [0.15, 0.2) is 0 Å². The van der Waals surface area contributed by atoms with E-state index in [1.807, 2.05) is 51.4 Å². The highest BCUT2D eigenvalue weighted by Crippen LogP contribution is 2.33. The van der Waals surface area contributed by atoms with E-state index in [-0.39, 0.29) is 0 Å². The van der Waals surface area contributed by atoms with Crippen LogP contribution in [0.15, 0.2) is 42.9 Å². The van der Waals surface area contributed by atoms with Crippen LogP contribution in [0.5, 0.6) is 0 Å². The van der Waals surface area contributed by atoms with Gasteiger partial charge in [-0.15, -0.1) is 0 Å². The van der Waals surface area contributed by atoms with E-state index in [0.717, 1.165) is 45.8 Å². The number of nitrogens with zero attached hydrogens (tertiary/aromatic N) is 5. The first-order valence-corrected chi connectivity index (χ1v) is 8.67. The van der Waals surface area contributed by atoms with E-state index in [2.05, 4.69) is 30.9 Å². The minimum absolute atomic E-state index is 0.674. The molecule has 7 heteroatoms. The fourth-order valence-corrected chi connectivity index (χ4v) is 3.22. The number of imidazole rings is 1. The second kappa shape index (κ2) is 6.55. The standard InChI is InChI=1S/C19H19ClN6/c1-12-23-17-13(9-26(12)11-25(2)3)7-16-18(22-10-21-16)19(17)24-15-6-4-5-14(20)8-15/h4-10,24H,11H2,1-3H3. The third kappa shape index (κ3) is 3.09. The summed E-state index contributed by atoms with van der Waals surface area (Å²) in [5.74, 6) is 0.930. The average Bonchev–Trinajstić information content (AvgIpc) is 3.04. The second-order valence-electron chi connectivity index (χ2n) is 6.55. The van der Waals surface area contributed by atoms with Crippen LogP contribution < -0.4 is 5.32 Å². The SMILES string of the molecule is Cc1nc2c(Nc3cccc(Cl)c3)c3ncnc3cc2cn1CN(C)C. The Morgan fingerprint density at radius 2 is 2.00 bits per heavy atom. The van der Waals surface area contributed by atoms with Crippen LogP contribution >= 0.6 is 11.6 Å². The molecule has 0 spiro atoms. The topological polar surface area (TPSA) is 58.9 Å². The Balaban J connectivity index is 1.93. The molecule has 2 heterocycles. The zero-order valence-electron chi connectivity index (χ0n) is 14.9. The monoisotopic (exact) mass is 366 g/mol. The molecule has 1 N–H and O–H groups in total. The van der Waals surface area contributed by atoms with Crippen molar-refractivity contribution in [1.29, 1.82) is 0 Å². The van der Waals surface area contributed by atoms with Gasteiger partial charge in [-0.05, 0) is 45.3 Å².